The zero-order valence-electron chi connectivity index (χ0n) is 11.6. The van der Waals surface area contributed by atoms with Crippen LogP contribution in [0.4, 0.5) is 5.69 Å². The average Bonchev–Trinajstić information content (AvgIpc) is 2.60. The van der Waals surface area contributed by atoms with Crippen molar-refractivity contribution < 1.29 is 0 Å². The highest BCUT2D eigenvalue weighted by atomic mass is 79.9. The normalized spacial score (nSPS) is 20.9. The molecule has 0 bridgehead atoms. The lowest BCUT2D eigenvalue weighted by Gasteiger charge is -2.32. The van der Waals surface area contributed by atoms with Crippen LogP contribution in [0.25, 0.3) is 0 Å². The van der Waals surface area contributed by atoms with Crippen molar-refractivity contribution in [3.05, 3.63) is 28.2 Å². The average molecular weight is 322 g/mol. The summed E-state index contributed by atoms with van der Waals surface area (Å²) >= 11 is 3.44. The van der Waals surface area contributed by atoms with Gasteiger partial charge in [-0.25, -0.2) is 0 Å². The van der Waals surface area contributed by atoms with Crippen LogP contribution < -0.4 is 4.90 Å². The van der Waals surface area contributed by atoms with Crippen molar-refractivity contribution in [3.8, 4) is 6.07 Å². The fourth-order valence-electron chi connectivity index (χ4n) is 2.76. The molecule has 4 heteroatoms. The van der Waals surface area contributed by atoms with Crippen molar-refractivity contribution in [1.29, 1.82) is 5.26 Å². The van der Waals surface area contributed by atoms with Crippen molar-refractivity contribution in [1.82, 2.24) is 4.90 Å². The number of likely N-dealkylation sites (N-methyl/N-ethyl adjacent to an activating group) is 1. The van der Waals surface area contributed by atoms with Gasteiger partial charge in [0.25, 0.3) is 0 Å². The molecule has 1 atom stereocenters. The monoisotopic (exact) mass is 321 g/mol. The van der Waals surface area contributed by atoms with Gasteiger partial charge in [-0.1, -0.05) is 22.9 Å². The van der Waals surface area contributed by atoms with Crippen LogP contribution in [-0.4, -0.2) is 37.6 Å². The van der Waals surface area contributed by atoms with Gasteiger partial charge in [0.2, 0.25) is 0 Å². The molecule has 0 saturated carbocycles. The third-order valence-corrected chi connectivity index (χ3v) is 4.26. The molecular formula is C15H20BrN3. The second-order valence-corrected chi connectivity index (χ2v) is 6.06. The van der Waals surface area contributed by atoms with E-state index in [9.17, 15) is 5.26 Å². The Bertz CT molecular complexity index is 481. The van der Waals surface area contributed by atoms with Gasteiger partial charge in [-0.2, -0.15) is 5.26 Å². The van der Waals surface area contributed by atoms with Crippen LogP contribution in [0.15, 0.2) is 22.7 Å². The molecule has 1 aromatic rings. The lowest BCUT2D eigenvalue weighted by Crippen LogP contribution is -2.40. The number of hydrogen-bond donors (Lipinski definition) is 0. The second-order valence-electron chi connectivity index (χ2n) is 5.14. The molecule has 1 aliphatic heterocycles. The number of benzene rings is 1. The number of nitriles is 1. The summed E-state index contributed by atoms with van der Waals surface area (Å²) in [6.07, 6.45) is 2.25. The Morgan fingerprint density at radius 3 is 2.89 bits per heavy atom. The van der Waals surface area contributed by atoms with Crippen molar-refractivity contribution in [3.63, 3.8) is 0 Å². The highest BCUT2D eigenvalue weighted by Gasteiger charge is 2.23. The Labute approximate surface area is 123 Å². The van der Waals surface area contributed by atoms with Gasteiger partial charge in [0.05, 0.1) is 11.3 Å². The maximum absolute atomic E-state index is 9.35. The topological polar surface area (TPSA) is 30.3 Å². The van der Waals surface area contributed by atoms with Crippen molar-refractivity contribution in [2.45, 2.75) is 25.8 Å². The molecule has 0 N–H and O–H groups in total. The predicted octanol–water partition coefficient (Wildman–Crippen LogP) is 3.24. The van der Waals surface area contributed by atoms with E-state index >= 15 is 0 Å². The standard InChI is InChI=1S/C15H20BrN3/c1-3-14-11-18(2)7-4-8-19(14)15-6-5-13(16)9-12(15)10-17/h5-6,9,14H,3-4,7-8,11H2,1-2H3. The summed E-state index contributed by atoms with van der Waals surface area (Å²) in [5, 5.41) is 9.35. The van der Waals surface area contributed by atoms with Gasteiger partial charge in [-0.15, -0.1) is 0 Å². The minimum Gasteiger partial charge on any atom is -0.366 e. The van der Waals surface area contributed by atoms with Crippen molar-refractivity contribution in [2.24, 2.45) is 0 Å². The summed E-state index contributed by atoms with van der Waals surface area (Å²) in [6, 6.07) is 8.82. The number of nitrogens with zero attached hydrogens (tertiary/aromatic N) is 3. The van der Waals surface area contributed by atoms with Crippen molar-refractivity contribution >= 4 is 21.6 Å². The molecule has 19 heavy (non-hydrogen) atoms. The lowest BCUT2D eigenvalue weighted by atomic mass is 10.1. The molecule has 2 rings (SSSR count). The van der Waals surface area contributed by atoms with E-state index in [1.807, 2.05) is 12.1 Å². The van der Waals surface area contributed by atoms with Gasteiger partial charge in [0.15, 0.2) is 0 Å². The minimum absolute atomic E-state index is 0.487. The lowest BCUT2D eigenvalue weighted by molar-refractivity contribution is 0.328. The number of anilines is 1. The first-order valence-corrected chi connectivity index (χ1v) is 7.59. The van der Waals surface area contributed by atoms with Gasteiger partial charge < -0.3 is 9.80 Å². The molecule has 0 amide bonds. The Kier molecular flexibility index (Phi) is 4.84. The van der Waals surface area contributed by atoms with E-state index in [-0.39, 0.29) is 0 Å². The van der Waals surface area contributed by atoms with E-state index in [0.29, 0.717) is 6.04 Å². The predicted molar refractivity (Wildman–Crippen MR) is 82.4 cm³/mol. The fraction of sp³-hybridized carbons (Fsp3) is 0.533. The van der Waals surface area contributed by atoms with E-state index in [4.69, 9.17) is 0 Å². The molecule has 1 fully saturated rings. The first-order valence-electron chi connectivity index (χ1n) is 6.80. The zero-order valence-corrected chi connectivity index (χ0v) is 13.2. The van der Waals surface area contributed by atoms with Gasteiger partial charge in [0, 0.05) is 23.6 Å². The minimum atomic E-state index is 0.487. The Morgan fingerprint density at radius 2 is 2.21 bits per heavy atom. The van der Waals surface area contributed by atoms with Gasteiger partial charge in [-0.05, 0) is 44.6 Å². The van der Waals surface area contributed by atoms with Gasteiger partial charge in [0.1, 0.15) is 6.07 Å². The van der Waals surface area contributed by atoms with Crippen LogP contribution in [-0.2, 0) is 0 Å². The SMILES string of the molecule is CCC1CN(C)CCCN1c1ccc(Br)cc1C#N. The molecule has 1 heterocycles. The van der Waals surface area contributed by atoms with E-state index in [2.05, 4.69) is 51.8 Å². The molecule has 1 aromatic carbocycles. The van der Waals surface area contributed by atoms with E-state index in [0.717, 1.165) is 48.2 Å². The number of halogens is 1. The first-order chi connectivity index (χ1) is 9.15. The molecule has 3 nitrogen and oxygen atoms in total. The number of hydrogen-bond acceptors (Lipinski definition) is 3. The third kappa shape index (κ3) is 3.29. The highest BCUT2D eigenvalue weighted by Crippen LogP contribution is 2.28. The zero-order chi connectivity index (χ0) is 13.8. The number of rotatable bonds is 2. The van der Waals surface area contributed by atoms with Crippen LogP contribution in [0.1, 0.15) is 25.3 Å². The van der Waals surface area contributed by atoms with Crippen LogP contribution >= 0.6 is 15.9 Å². The molecule has 0 radical (unpaired) electrons. The summed E-state index contributed by atoms with van der Waals surface area (Å²) in [5.41, 5.74) is 1.84. The van der Waals surface area contributed by atoms with Crippen LogP contribution in [0.2, 0.25) is 0 Å². The molecular weight excluding hydrogens is 302 g/mol. The van der Waals surface area contributed by atoms with Crippen LogP contribution in [0.5, 0.6) is 0 Å². The summed E-state index contributed by atoms with van der Waals surface area (Å²) in [7, 11) is 2.18. The van der Waals surface area contributed by atoms with E-state index in [1.165, 1.54) is 0 Å². The molecule has 0 spiro atoms. The molecule has 102 valence electrons. The molecule has 1 saturated heterocycles. The summed E-state index contributed by atoms with van der Waals surface area (Å²) in [6.45, 7) is 5.45. The summed E-state index contributed by atoms with van der Waals surface area (Å²) < 4.78 is 0.966. The Balaban J connectivity index is 2.35. The van der Waals surface area contributed by atoms with E-state index < -0.39 is 0 Å². The molecule has 1 unspecified atom stereocenters. The molecule has 1 aliphatic rings. The smallest absolute Gasteiger partial charge is 0.101 e. The Morgan fingerprint density at radius 1 is 1.42 bits per heavy atom. The maximum Gasteiger partial charge on any atom is 0.101 e. The van der Waals surface area contributed by atoms with Crippen LogP contribution in [0, 0.1) is 11.3 Å². The van der Waals surface area contributed by atoms with Gasteiger partial charge in [-0.3, -0.25) is 0 Å². The quantitative estimate of drug-likeness (QED) is 0.837. The summed E-state index contributed by atoms with van der Waals surface area (Å²) in [5.74, 6) is 0. The molecule has 0 aromatic heterocycles. The largest absolute Gasteiger partial charge is 0.366 e. The molecule has 0 aliphatic carbocycles. The fourth-order valence-corrected chi connectivity index (χ4v) is 3.12. The van der Waals surface area contributed by atoms with Crippen molar-refractivity contribution in [2.75, 3.05) is 31.6 Å². The van der Waals surface area contributed by atoms with Crippen LogP contribution in [0.3, 0.4) is 0 Å². The van der Waals surface area contributed by atoms with Gasteiger partial charge >= 0.3 is 0 Å². The van der Waals surface area contributed by atoms with E-state index in [1.54, 1.807) is 0 Å². The first kappa shape index (κ1) is 14.4. The summed E-state index contributed by atoms with van der Waals surface area (Å²) in [4.78, 5) is 4.80. The Hall–Kier alpha value is -1.05. The third-order valence-electron chi connectivity index (χ3n) is 3.76. The highest BCUT2D eigenvalue weighted by molar-refractivity contribution is 9.10. The maximum atomic E-state index is 9.35. The second kappa shape index (κ2) is 6.40.